The van der Waals surface area contributed by atoms with Gasteiger partial charge >= 0.3 is 0 Å². The molecule has 0 fully saturated rings. The van der Waals surface area contributed by atoms with Crippen LogP contribution in [-0.4, -0.2) is 17.5 Å². The molecule has 34 heavy (non-hydrogen) atoms. The number of benzene rings is 1. The highest BCUT2D eigenvalue weighted by molar-refractivity contribution is 5.94. The van der Waals surface area contributed by atoms with E-state index in [1.807, 2.05) is 25.1 Å². The van der Waals surface area contributed by atoms with Crippen LogP contribution in [0.15, 0.2) is 60.8 Å². The van der Waals surface area contributed by atoms with E-state index in [1.165, 1.54) is 0 Å². The molecule has 0 heterocycles. The summed E-state index contributed by atoms with van der Waals surface area (Å²) in [4.78, 5) is 35.7. The Morgan fingerprint density at radius 3 is 1.76 bits per heavy atom. The Hall–Kier alpha value is -2.95. The fourth-order valence-corrected chi connectivity index (χ4v) is 3.54. The highest BCUT2D eigenvalue weighted by Crippen LogP contribution is 2.16. The van der Waals surface area contributed by atoms with Gasteiger partial charge in [-0.3, -0.25) is 14.4 Å². The Morgan fingerprint density at radius 2 is 1.26 bits per heavy atom. The minimum absolute atomic E-state index is 0.00806. The molecule has 0 radical (unpaired) electrons. The second kappa shape index (κ2) is 15.0. The number of amides is 1. The van der Waals surface area contributed by atoms with E-state index in [0.717, 1.165) is 29.7 Å². The standard InChI is InChI=1S/C29H42N2O3/c1-20(2)27(32)13-11-22(5)15-24(7)30-18-25-9-8-10-26(17-25)19-31-29(34)16-23(6)12-14-28(33)21(3)4/h8-10,17,22-23,30H,1,3,7,11-16,18-19H2,2,4-6H3,(H,31,34). The number of nitrogens with one attached hydrogen (secondary N) is 2. The van der Waals surface area contributed by atoms with Crippen molar-refractivity contribution in [2.45, 2.75) is 79.3 Å². The predicted molar refractivity (Wildman–Crippen MR) is 140 cm³/mol. The lowest BCUT2D eigenvalue weighted by Crippen LogP contribution is -2.24. The van der Waals surface area contributed by atoms with Crippen molar-refractivity contribution in [2.75, 3.05) is 0 Å². The van der Waals surface area contributed by atoms with Crippen molar-refractivity contribution in [2.24, 2.45) is 11.8 Å². The van der Waals surface area contributed by atoms with Crippen molar-refractivity contribution in [3.05, 3.63) is 72.0 Å². The smallest absolute Gasteiger partial charge is 0.220 e. The van der Waals surface area contributed by atoms with Crippen LogP contribution in [0.25, 0.3) is 0 Å². The molecule has 186 valence electrons. The molecule has 2 unspecified atom stereocenters. The monoisotopic (exact) mass is 466 g/mol. The van der Waals surface area contributed by atoms with Gasteiger partial charge in [0.1, 0.15) is 0 Å². The van der Waals surface area contributed by atoms with Crippen LogP contribution in [0.3, 0.4) is 0 Å². The van der Waals surface area contributed by atoms with Crippen molar-refractivity contribution in [3.63, 3.8) is 0 Å². The van der Waals surface area contributed by atoms with Gasteiger partial charge in [-0.2, -0.15) is 0 Å². The minimum atomic E-state index is -0.00806. The molecule has 5 heteroatoms. The molecule has 0 aliphatic heterocycles. The number of ketones is 2. The number of hydrogen-bond acceptors (Lipinski definition) is 4. The molecule has 1 aromatic rings. The number of hydrogen-bond donors (Lipinski definition) is 2. The van der Waals surface area contributed by atoms with Gasteiger partial charge in [0, 0.05) is 38.0 Å². The van der Waals surface area contributed by atoms with E-state index >= 15 is 0 Å². The molecular formula is C29H42N2O3. The fourth-order valence-electron chi connectivity index (χ4n) is 3.54. The molecule has 0 aliphatic rings. The lowest BCUT2D eigenvalue weighted by Gasteiger charge is -2.15. The van der Waals surface area contributed by atoms with E-state index in [2.05, 4.69) is 43.4 Å². The summed E-state index contributed by atoms with van der Waals surface area (Å²) in [5.41, 5.74) is 4.29. The van der Waals surface area contributed by atoms with E-state index in [-0.39, 0.29) is 23.4 Å². The molecule has 0 aliphatic carbocycles. The first-order valence-corrected chi connectivity index (χ1v) is 12.1. The Kier molecular flexibility index (Phi) is 12.9. The van der Waals surface area contributed by atoms with Crippen LogP contribution < -0.4 is 10.6 Å². The fraction of sp³-hybridized carbons (Fsp3) is 0.483. The molecule has 1 aromatic carbocycles. The summed E-state index contributed by atoms with van der Waals surface area (Å²) in [6, 6.07) is 8.10. The quantitative estimate of drug-likeness (QED) is 0.284. The molecule has 0 spiro atoms. The van der Waals surface area contributed by atoms with Gasteiger partial charge < -0.3 is 10.6 Å². The molecule has 0 bridgehead atoms. The lowest BCUT2D eigenvalue weighted by atomic mass is 9.97. The third-order valence-corrected chi connectivity index (χ3v) is 5.83. The first-order chi connectivity index (χ1) is 16.0. The van der Waals surface area contributed by atoms with Gasteiger partial charge in [-0.1, -0.05) is 57.8 Å². The first kappa shape index (κ1) is 29.1. The first-order valence-electron chi connectivity index (χ1n) is 12.1. The number of Topliss-reactive ketones (excluding diaryl/α,β-unsaturated/α-hetero) is 2. The third kappa shape index (κ3) is 12.3. The normalized spacial score (nSPS) is 12.4. The second-order valence-electron chi connectivity index (χ2n) is 9.66. The Morgan fingerprint density at radius 1 is 0.794 bits per heavy atom. The summed E-state index contributed by atoms with van der Waals surface area (Å²) in [5, 5.41) is 6.35. The van der Waals surface area contributed by atoms with Crippen LogP contribution in [0.1, 0.15) is 77.3 Å². The van der Waals surface area contributed by atoms with Gasteiger partial charge in [0.05, 0.1) is 0 Å². The Bertz CT molecular complexity index is 831. The molecule has 5 nitrogen and oxygen atoms in total. The highest BCUT2D eigenvalue weighted by Gasteiger charge is 2.12. The van der Waals surface area contributed by atoms with Crippen molar-refractivity contribution in [3.8, 4) is 0 Å². The molecule has 0 saturated carbocycles. The van der Waals surface area contributed by atoms with Crippen LogP contribution in [0.2, 0.25) is 0 Å². The largest absolute Gasteiger partial charge is 0.385 e. The van der Waals surface area contributed by atoms with E-state index in [1.54, 1.807) is 13.8 Å². The zero-order chi connectivity index (χ0) is 25.7. The van der Waals surface area contributed by atoms with Crippen LogP contribution >= 0.6 is 0 Å². The summed E-state index contributed by atoms with van der Waals surface area (Å²) >= 11 is 0. The van der Waals surface area contributed by atoms with Crippen molar-refractivity contribution >= 4 is 17.5 Å². The van der Waals surface area contributed by atoms with Crippen molar-refractivity contribution < 1.29 is 14.4 Å². The van der Waals surface area contributed by atoms with Crippen LogP contribution in [0.4, 0.5) is 0 Å². The van der Waals surface area contributed by atoms with E-state index in [4.69, 9.17) is 0 Å². The maximum absolute atomic E-state index is 12.3. The maximum atomic E-state index is 12.3. The number of carbonyl (C=O) groups is 3. The molecule has 2 N–H and O–H groups in total. The zero-order valence-corrected chi connectivity index (χ0v) is 21.5. The van der Waals surface area contributed by atoms with Gasteiger partial charge in [-0.05, 0) is 67.2 Å². The molecular weight excluding hydrogens is 424 g/mol. The van der Waals surface area contributed by atoms with Crippen molar-refractivity contribution in [1.29, 1.82) is 0 Å². The molecule has 1 amide bonds. The lowest BCUT2D eigenvalue weighted by molar-refractivity contribution is -0.122. The summed E-state index contributed by atoms with van der Waals surface area (Å²) < 4.78 is 0. The SMILES string of the molecule is C=C(CC(C)CCC(=O)C(=C)C)NCc1cccc(CNC(=O)CC(C)CCC(=O)C(=C)C)c1. The number of carbonyl (C=O) groups excluding carboxylic acids is 3. The number of rotatable bonds is 17. The third-order valence-electron chi connectivity index (χ3n) is 5.83. The second-order valence-corrected chi connectivity index (χ2v) is 9.66. The summed E-state index contributed by atoms with van der Waals surface area (Å²) in [6.07, 6.45) is 3.70. The van der Waals surface area contributed by atoms with E-state index < -0.39 is 0 Å². The molecule has 1 rings (SSSR count). The average molecular weight is 467 g/mol. The van der Waals surface area contributed by atoms with Gasteiger partial charge in [-0.15, -0.1) is 0 Å². The minimum Gasteiger partial charge on any atom is -0.385 e. The van der Waals surface area contributed by atoms with E-state index in [0.29, 0.717) is 55.8 Å². The topological polar surface area (TPSA) is 75.3 Å². The maximum Gasteiger partial charge on any atom is 0.220 e. The van der Waals surface area contributed by atoms with Crippen LogP contribution in [0.5, 0.6) is 0 Å². The summed E-state index contributed by atoms with van der Waals surface area (Å²) in [5.74, 6) is 0.693. The summed E-state index contributed by atoms with van der Waals surface area (Å²) in [7, 11) is 0. The summed E-state index contributed by atoms with van der Waals surface area (Å²) in [6.45, 7) is 20.2. The van der Waals surface area contributed by atoms with Gasteiger partial charge in [0.15, 0.2) is 11.6 Å². The van der Waals surface area contributed by atoms with E-state index in [9.17, 15) is 14.4 Å². The molecule has 0 saturated heterocycles. The van der Waals surface area contributed by atoms with Gasteiger partial charge in [0.25, 0.3) is 0 Å². The molecule has 2 atom stereocenters. The van der Waals surface area contributed by atoms with Crippen molar-refractivity contribution in [1.82, 2.24) is 10.6 Å². The number of allylic oxidation sites excluding steroid dienone is 3. The Balaban J connectivity index is 2.39. The zero-order valence-electron chi connectivity index (χ0n) is 21.5. The highest BCUT2D eigenvalue weighted by atomic mass is 16.1. The average Bonchev–Trinajstić information content (AvgIpc) is 2.78. The predicted octanol–water partition coefficient (Wildman–Crippen LogP) is 5.81. The Labute approximate surface area is 205 Å². The molecule has 0 aromatic heterocycles. The van der Waals surface area contributed by atoms with Gasteiger partial charge in [-0.25, -0.2) is 0 Å². The van der Waals surface area contributed by atoms with Crippen LogP contribution in [0, 0.1) is 11.8 Å². The van der Waals surface area contributed by atoms with Crippen LogP contribution in [-0.2, 0) is 27.5 Å². The van der Waals surface area contributed by atoms with Gasteiger partial charge in [0.2, 0.25) is 5.91 Å².